The molecule has 2 amide bonds. The number of anilines is 1. The van der Waals surface area contributed by atoms with Crippen molar-refractivity contribution in [2.75, 3.05) is 11.4 Å². The smallest absolute Gasteiger partial charge is 0.227 e. The minimum atomic E-state index is -0.475. The normalized spacial score (nSPS) is 16.2. The standard InChI is InChI=1S/C22H19ClFN3O2S/c1-13-19(30-22(26-13)17-7-2-3-8-18(17)23)11-25-21(29)14-9-20(28)27(12-14)16-6-4-5-15(24)10-16/h2-8,10,14H,9,11-12H2,1H3,(H,25,29)/t14-/m0/s1. The fourth-order valence-corrected chi connectivity index (χ4v) is 4.75. The van der Waals surface area contributed by atoms with Crippen molar-refractivity contribution in [1.82, 2.24) is 10.3 Å². The zero-order valence-electron chi connectivity index (χ0n) is 16.2. The van der Waals surface area contributed by atoms with E-state index in [1.54, 1.807) is 12.1 Å². The van der Waals surface area contributed by atoms with Gasteiger partial charge in [-0.15, -0.1) is 11.3 Å². The van der Waals surface area contributed by atoms with Crippen LogP contribution >= 0.6 is 22.9 Å². The van der Waals surface area contributed by atoms with E-state index in [1.165, 1.54) is 28.4 Å². The lowest BCUT2D eigenvalue weighted by atomic mass is 10.1. The van der Waals surface area contributed by atoms with Crippen LogP contribution in [0.4, 0.5) is 10.1 Å². The Morgan fingerprint density at radius 2 is 2.10 bits per heavy atom. The molecule has 1 fully saturated rings. The topological polar surface area (TPSA) is 62.3 Å². The Morgan fingerprint density at radius 1 is 1.30 bits per heavy atom. The fraction of sp³-hybridized carbons (Fsp3) is 0.227. The quantitative estimate of drug-likeness (QED) is 0.627. The Bertz CT molecular complexity index is 1120. The predicted octanol–water partition coefficient (Wildman–Crippen LogP) is 4.58. The minimum absolute atomic E-state index is 0.106. The number of rotatable bonds is 5. The predicted molar refractivity (Wildman–Crippen MR) is 116 cm³/mol. The van der Waals surface area contributed by atoms with Crippen LogP contribution in [-0.2, 0) is 16.1 Å². The molecule has 30 heavy (non-hydrogen) atoms. The summed E-state index contributed by atoms with van der Waals surface area (Å²) in [7, 11) is 0. The van der Waals surface area contributed by atoms with Crippen LogP contribution in [0.5, 0.6) is 0 Å². The Hall–Kier alpha value is -2.77. The van der Waals surface area contributed by atoms with E-state index in [9.17, 15) is 14.0 Å². The van der Waals surface area contributed by atoms with Gasteiger partial charge in [-0.3, -0.25) is 9.59 Å². The van der Waals surface area contributed by atoms with E-state index in [1.807, 2.05) is 31.2 Å². The number of amides is 2. The molecule has 1 aliphatic rings. The first-order valence-electron chi connectivity index (χ1n) is 9.47. The first kappa shape index (κ1) is 20.5. The van der Waals surface area contributed by atoms with Crippen molar-refractivity contribution in [3.05, 3.63) is 69.9 Å². The van der Waals surface area contributed by atoms with Crippen LogP contribution in [-0.4, -0.2) is 23.3 Å². The van der Waals surface area contributed by atoms with Gasteiger partial charge in [-0.05, 0) is 31.2 Å². The van der Waals surface area contributed by atoms with Gasteiger partial charge in [0.1, 0.15) is 10.8 Å². The third-order valence-electron chi connectivity index (χ3n) is 5.04. The van der Waals surface area contributed by atoms with E-state index in [2.05, 4.69) is 10.3 Å². The summed E-state index contributed by atoms with van der Waals surface area (Å²) >= 11 is 7.74. The molecule has 2 aromatic carbocycles. The highest BCUT2D eigenvalue weighted by atomic mass is 35.5. The largest absolute Gasteiger partial charge is 0.351 e. The van der Waals surface area contributed by atoms with E-state index < -0.39 is 11.7 Å². The maximum atomic E-state index is 13.5. The molecule has 4 rings (SSSR count). The number of benzene rings is 2. The molecule has 1 aromatic heterocycles. The van der Waals surface area contributed by atoms with Crippen molar-refractivity contribution in [3.8, 4) is 10.6 Å². The van der Waals surface area contributed by atoms with Gasteiger partial charge in [-0.25, -0.2) is 9.37 Å². The Morgan fingerprint density at radius 3 is 2.87 bits per heavy atom. The Kier molecular flexibility index (Phi) is 5.83. The van der Waals surface area contributed by atoms with Crippen LogP contribution in [0.2, 0.25) is 5.02 Å². The van der Waals surface area contributed by atoms with Crippen LogP contribution in [0.3, 0.4) is 0 Å². The Balaban J connectivity index is 1.41. The first-order chi connectivity index (χ1) is 14.4. The second kappa shape index (κ2) is 8.53. The molecule has 1 aliphatic heterocycles. The van der Waals surface area contributed by atoms with Crippen LogP contribution in [0.25, 0.3) is 10.6 Å². The number of nitrogens with zero attached hydrogens (tertiary/aromatic N) is 2. The van der Waals surface area contributed by atoms with Crippen molar-refractivity contribution in [1.29, 1.82) is 0 Å². The van der Waals surface area contributed by atoms with Crippen molar-refractivity contribution in [3.63, 3.8) is 0 Å². The van der Waals surface area contributed by atoms with Crippen molar-refractivity contribution in [2.45, 2.75) is 19.9 Å². The number of hydrogen-bond donors (Lipinski definition) is 1. The second-order valence-corrected chi connectivity index (χ2v) is 8.60. The lowest BCUT2D eigenvalue weighted by Gasteiger charge is -2.16. The van der Waals surface area contributed by atoms with Crippen molar-refractivity contribution >= 4 is 40.4 Å². The van der Waals surface area contributed by atoms with E-state index >= 15 is 0 Å². The van der Waals surface area contributed by atoms with E-state index in [0.29, 0.717) is 17.3 Å². The molecule has 154 valence electrons. The number of aromatic nitrogens is 1. The molecular formula is C22H19ClFN3O2S. The average Bonchev–Trinajstić information content (AvgIpc) is 3.29. The second-order valence-electron chi connectivity index (χ2n) is 7.11. The molecule has 5 nitrogen and oxygen atoms in total. The summed E-state index contributed by atoms with van der Waals surface area (Å²) in [5.74, 6) is -1.27. The Labute approximate surface area is 182 Å². The number of thiazole rings is 1. The molecule has 0 spiro atoms. The lowest BCUT2D eigenvalue weighted by molar-refractivity contribution is -0.126. The maximum absolute atomic E-state index is 13.5. The molecule has 0 saturated carbocycles. The molecule has 3 aromatic rings. The molecular weight excluding hydrogens is 425 g/mol. The summed E-state index contributed by atoms with van der Waals surface area (Å²) in [6.45, 7) is 2.46. The van der Waals surface area contributed by atoms with E-state index in [-0.39, 0.29) is 24.8 Å². The first-order valence-corrected chi connectivity index (χ1v) is 10.7. The van der Waals surface area contributed by atoms with E-state index in [4.69, 9.17) is 11.6 Å². The summed E-state index contributed by atoms with van der Waals surface area (Å²) in [5, 5.41) is 4.34. The highest BCUT2D eigenvalue weighted by molar-refractivity contribution is 7.15. The third kappa shape index (κ3) is 4.22. The molecule has 2 heterocycles. The number of halogens is 2. The summed E-state index contributed by atoms with van der Waals surface area (Å²) in [6, 6.07) is 13.3. The zero-order valence-corrected chi connectivity index (χ0v) is 17.8. The molecule has 0 unspecified atom stereocenters. The molecule has 0 bridgehead atoms. The van der Waals surface area contributed by atoms with Gasteiger partial charge >= 0.3 is 0 Å². The fourth-order valence-electron chi connectivity index (χ4n) is 3.43. The lowest BCUT2D eigenvalue weighted by Crippen LogP contribution is -2.32. The average molecular weight is 444 g/mol. The molecule has 0 radical (unpaired) electrons. The SMILES string of the molecule is Cc1nc(-c2ccccc2Cl)sc1CNC(=O)[C@H]1CC(=O)N(c2cccc(F)c2)C1. The van der Waals surface area contributed by atoms with Gasteiger partial charge in [0, 0.05) is 29.1 Å². The summed E-state index contributed by atoms with van der Waals surface area (Å²) in [5.41, 5.74) is 2.16. The van der Waals surface area contributed by atoms with Gasteiger partial charge in [-0.2, -0.15) is 0 Å². The highest BCUT2D eigenvalue weighted by Crippen LogP contribution is 2.33. The zero-order chi connectivity index (χ0) is 21.3. The number of aryl methyl sites for hydroxylation is 1. The van der Waals surface area contributed by atoms with Crippen molar-refractivity contribution < 1.29 is 14.0 Å². The van der Waals surface area contributed by atoms with Gasteiger partial charge in [0.25, 0.3) is 0 Å². The van der Waals surface area contributed by atoms with Gasteiger partial charge in [0.05, 0.1) is 23.2 Å². The third-order valence-corrected chi connectivity index (χ3v) is 6.56. The number of hydrogen-bond acceptors (Lipinski definition) is 4. The molecule has 1 saturated heterocycles. The molecule has 1 N–H and O–H groups in total. The highest BCUT2D eigenvalue weighted by Gasteiger charge is 2.35. The monoisotopic (exact) mass is 443 g/mol. The van der Waals surface area contributed by atoms with Gasteiger partial charge in [0.15, 0.2) is 0 Å². The number of nitrogens with one attached hydrogen (secondary N) is 1. The van der Waals surface area contributed by atoms with Crippen molar-refractivity contribution in [2.24, 2.45) is 5.92 Å². The van der Waals surface area contributed by atoms with Crippen LogP contribution in [0.1, 0.15) is 17.0 Å². The van der Waals surface area contributed by atoms with Crippen LogP contribution < -0.4 is 10.2 Å². The van der Waals surface area contributed by atoms with E-state index in [0.717, 1.165) is 21.1 Å². The van der Waals surface area contributed by atoms with Gasteiger partial charge in [0.2, 0.25) is 11.8 Å². The van der Waals surface area contributed by atoms with Crippen LogP contribution in [0.15, 0.2) is 48.5 Å². The summed E-state index contributed by atoms with van der Waals surface area (Å²) < 4.78 is 13.5. The number of carbonyl (C=O) groups excluding carboxylic acids is 2. The number of carbonyl (C=O) groups is 2. The maximum Gasteiger partial charge on any atom is 0.227 e. The molecule has 0 aliphatic carbocycles. The summed E-state index contributed by atoms with van der Waals surface area (Å²) in [4.78, 5) is 31.9. The molecule has 1 atom stereocenters. The van der Waals surface area contributed by atoms with Crippen LogP contribution in [0, 0.1) is 18.7 Å². The minimum Gasteiger partial charge on any atom is -0.351 e. The van der Waals surface area contributed by atoms with Gasteiger partial charge < -0.3 is 10.2 Å². The molecule has 8 heteroatoms. The van der Waals surface area contributed by atoms with Gasteiger partial charge in [-0.1, -0.05) is 35.9 Å². The summed E-state index contributed by atoms with van der Waals surface area (Å²) in [6.07, 6.45) is 0.106.